The van der Waals surface area contributed by atoms with Crippen LogP contribution in [0.4, 0.5) is 0 Å². The van der Waals surface area contributed by atoms with E-state index >= 15 is 0 Å². The van der Waals surface area contributed by atoms with Gasteiger partial charge in [-0.2, -0.15) is 0 Å². The Morgan fingerprint density at radius 1 is 1.10 bits per heavy atom. The van der Waals surface area contributed by atoms with E-state index in [0.717, 1.165) is 16.7 Å². The molecule has 0 spiro atoms. The molecule has 4 N–H and O–H groups in total. The summed E-state index contributed by atoms with van der Waals surface area (Å²) in [6.45, 7) is 3.45. The average Bonchev–Trinajstić information content (AvgIpc) is 2.89. The van der Waals surface area contributed by atoms with Crippen LogP contribution in [-0.2, 0) is 32.0 Å². The Morgan fingerprint density at radius 2 is 1.77 bits per heavy atom. The summed E-state index contributed by atoms with van der Waals surface area (Å²) in [6, 6.07) is 10.9. The molecule has 2 fully saturated rings. The molecule has 2 aromatic rings. The number of fused-ring (bicyclic) bond motifs is 3. The lowest BCUT2D eigenvalue weighted by atomic mass is 9.49. The summed E-state index contributed by atoms with van der Waals surface area (Å²) in [5, 5.41) is 22.4. The lowest BCUT2D eigenvalue weighted by Gasteiger charge is -2.52. The van der Waals surface area contributed by atoms with Crippen molar-refractivity contribution < 1.29 is 34.2 Å². The van der Waals surface area contributed by atoms with Crippen LogP contribution in [0.2, 0.25) is 0 Å². The molecule has 5 rings (SSSR count). The van der Waals surface area contributed by atoms with Gasteiger partial charge in [-0.15, -0.1) is 0 Å². The second-order valence-corrected chi connectivity index (χ2v) is 11.5. The van der Waals surface area contributed by atoms with Crippen LogP contribution in [0.15, 0.2) is 41.4 Å². The molecule has 2 saturated carbocycles. The maximum absolute atomic E-state index is 13.9. The predicted molar refractivity (Wildman–Crippen MR) is 146 cm³/mol. The highest BCUT2D eigenvalue weighted by Gasteiger charge is 2.69. The minimum atomic E-state index is -2.69. The molecule has 3 aliphatic rings. The minimum Gasteiger partial charge on any atom is -0.507 e. The van der Waals surface area contributed by atoms with Crippen LogP contribution >= 0.6 is 0 Å². The first-order chi connectivity index (χ1) is 18.9. The highest BCUT2D eigenvalue weighted by atomic mass is 16.3. The fourth-order valence-corrected chi connectivity index (χ4v) is 7.14. The molecule has 0 saturated heterocycles. The third-order valence-corrected chi connectivity index (χ3v) is 8.97. The summed E-state index contributed by atoms with van der Waals surface area (Å²) in [4.78, 5) is 70.6. The molecule has 2 unspecified atom stereocenters. The van der Waals surface area contributed by atoms with Gasteiger partial charge in [0.1, 0.15) is 5.75 Å². The number of Topliss-reactive ketones (excluding diaryl/α,β-unsaturated/α-hetero) is 4. The molecule has 0 heterocycles. The molecular weight excluding hydrogens is 512 g/mol. The molecule has 0 bridgehead atoms. The number of benzene rings is 2. The monoisotopic (exact) mass is 544 g/mol. The molecule has 9 nitrogen and oxygen atoms in total. The molecule has 40 heavy (non-hydrogen) atoms. The molecule has 0 aromatic heterocycles. The number of ketones is 4. The highest BCUT2D eigenvalue weighted by Crippen LogP contribution is 2.53. The van der Waals surface area contributed by atoms with Crippen LogP contribution in [0.5, 0.6) is 5.75 Å². The Labute approximate surface area is 231 Å². The number of nitrogens with two attached hydrogens (primary N) is 1. The largest absolute Gasteiger partial charge is 0.507 e. The van der Waals surface area contributed by atoms with Gasteiger partial charge in [-0.1, -0.05) is 44.2 Å². The van der Waals surface area contributed by atoms with Crippen LogP contribution in [0.3, 0.4) is 0 Å². The number of nitrogens with zero attached hydrogens (tertiary/aromatic N) is 1. The van der Waals surface area contributed by atoms with Gasteiger partial charge in [-0.3, -0.25) is 24.0 Å². The quantitative estimate of drug-likeness (QED) is 0.383. The number of aliphatic imine (C=N–C) groups is 1. The van der Waals surface area contributed by atoms with Crippen molar-refractivity contribution in [3.8, 4) is 16.9 Å². The van der Waals surface area contributed by atoms with Crippen molar-refractivity contribution >= 4 is 35.3 Å². The van der Waals surface area contributed by atoms with Gasteiger partial charge >= 0.3 is 0 Å². The third kappa shape index (κ3) is 3.94. The first kappa shape index (κ1) is 27.6. The topological polar surface area (TPSA) is 164 Å². The molecule has 208 valence electrons. The van der Waals surface area contributed by atoms with E-state index in [1.54, 1.807) is 33.2 Å². The fraction of sp³-hybridized carbons (Fsp3) is 0.419. The summed E-state index contributed by atoms with van der Waals surface area (Å²) in [5.41, 5.74) is 5.86. The summed E-state index contributed by atoms with van der Waals surface area (Å²) in [5.74, 6) is -11.6. The van der Waals surface area contributed by atoms with Gasteiger partial charge in [-0.25, -0.2) is 0 Å². The van der Waals surface area contributed by atoms with E-state index in [0.29, 0.717) is 12.0 Å². The first-order valence-corrected chi connectivity index (χ1v) is 13.5. The zero-order valence-corrected chi connectivity index (χ0v) is 22.6. The van der Waals surface area contributed by atoms with Crippen LogP contribution in [0.1, 0.15) is 41.8 Å². The molecule has 2 aromatic carbocycles. The number of amides is 1. The number of phenolic OH excluding ortho intramolecular Hbond substituents is 1. The number of primary amides is 1. The van der Waals surface area contributed by atoms with Crippen molar-refractivity contribution in [3.05, 3.63) is 53.1 Å². The fourth-order valence-electron chi connectivity index (χ4n) is 7.14. The summed E-state index contributed by atoms with van der Waals surface area (Å²) >= 11 is 0. The third-order valence-electron chi connectivity index (χ3n) is 8.97. The van der Waals surface area contributed by atoms with E-state index in [-0.39, 0.29) is 24.2 Å². The predicted octanol–water partition coefficient (Wildman–Crippen LogP) is 2.12. The molecule has 0 radical (unpaired) electrons. The number of carbonyl (C=O) groups is 5. The number of hydrogen-bond donors (Lipinski definition) is 3. The number of aliphatic hydroxyl groups is 1. The Kier molecular flexibility index (Phi) is 6.82. The van der Waals surface area contributed by atoms with E-state index in [1.807, 2.05) is 24.3 Å². The zero-order valence-electron chi connectivity index (χ0n) is 22.6. The van der Waals surface area contributed by atoms with Crippen LogP contribution in [-0.4, -0.2) is 58.1 Å². The van der Waals surface area contributed by atoms with Gasteiger partial charge in [0.25, 0.3) is 0 Å². The average molecular weight is 545 g/mol. The molecule has 1 amide bonds. The Hall–Kier alpha value is -3.98. The van der Waals surface area contributed by atoms with Crippen molar-refractivity contribution in [2.24, 2.45) is 46.2 Å². The SMILES string of the molecule is CN=CCc1ccc(-c2ccc(O)c3c2C[C@H]2C[C@H]4[C@H](C(C)C)C(=O)C(C(N)=O)C(=O)[C@@]4(O)C(=O)C2C3=O)cc1. The summed E-state index contributed by atoms with van der Waals surface area (Å²) in [6.07, 6.45) is 2.75. The normalized spacial score (nSPS) is 29.9. The van der Waals surface area contributed by atoms with Crippen molar-refractivity contribution in [1.29, 1.82) is 0 Å². The first-order valence-electron chi connectivity index (χ1n) is 13.5. The molecule has 6 atom stereocenters. The van der Waals surface area contributed by atoms with Gasteiger partial charge in [0, 0.05) is 31.5 Å². The second kappa shape index (κ2) is 9.89. The van der Waals surface area contributed by atoms with Crippen LogP contribution in [0.25, 0.3) is 11.1 Å². The maximum Gasteiger partial charge on any atom is 0.235 e. The molecule has 0 aliphatic heterocycles. The minimum absolute atomic E-state index is 0.0115. The number of aromatic hydroxyl groups is 1. The Bertz CT molecular complexity index is 1480. The van der Waals surface area contributed by atoms with E-state index in [2.05, 4.69) is 4.99 Å². The standard InChI is InChI=1S/C31H32N2O7/c1-14(2)22-20-13-17-12-19-18(16-6-4-15(5-7-16)10-11-33-3)8-9-21(34)24(19)27(36)23(17)28(37)31(20,40)29(38)25(26(22)35)30(32)39/h4-9,11,14,17,20,22-23,25,34,40H,10,12-13H2,1-3H3,(H2,32,39)/t17-,20-,22-,23?,25?,31-/m0/s1. The van der Waals surface area contributed by atoms with E-state index in [4.69, 9.17) is 5.73 Å². The van der Waals surface area contributed by atoms with E-state index in [9.17, 15) is 34.2 Å². The molecule has 9 heteroatoms. The number of hydrogen-bond acceptors (Lipinski definition) is 8. The number of phenols is 1. The molecule has 3 aliphatic carbocycles. The Balaban J connectivity index is 1.60. The smallest absolute Gasteiger partial charge is 0.235 e. The van der Waals surface area contributed by atoms with E-state index in [1.165, 1.54) is 6.07 Å². The van der Waals surface area contributed by atoms with Gasteiger partial charge in [-0.05, 0) is 53.0 Å². The van der Waals surface area contributed by atoms with Crippen molar-refractivity contribution in [2.45, 2.75) is 38.7 Å². The summed E-state index contributed by atoms with van der Waals surface area (Å²) in [7, 11) is 1.71. The Morgan fingerprint density at radius 3 is 2.38 bits per heavy atom. The van der Waals surface area contributed by atoms with Crippen LogP contribution in [0, 0.1) is 35.5 Å². The van der Waals surface area contributed by atoms with Crippen molar-refractivity contribution in [1.82, 2.24) is 0 Å². The van der Waals surface area contributed by atoms with Crippen molar-refractivity contribution in [2.75, 3.05) is 7.05 Å². The number of rotatable bonds is 5. The van der Waals surface area contributed by atoms with Crippen molar-refractivity contribution in [3.63, 3.8) is 0 Å². The maximum atomic E-state index is 13.9. The summed E-state index contributed by atoms with van der Waals surface area (Å²) < 4.78 is 0. The zero-order chi connectivity index (χ0) is 29.1. The molecular formula is C31H32N2O7. The number of carbonyl (C=O) groups excluding carboxylic acids is 5. The lowest BCUT2D eigenvalue weighted by Crippen LogP contribution is -2.71. The van der Waals surface area contributed by atoms with Gasteiger partial charge in [0.2, 0.25) is 5.91 Å². The van der Waals surface area contributed by atoms with Gasteiger partial charge < -0.3 is 20.9 Å². The van der Waals surface area contributed by atoms with Gasteiger partial charge in [0.05, 0.1) is 11.5 Å². The van der Waals surface area contributed by atoms with E-state index < -0.39 is 70.1 Å². The lowest BCUT2D eigenvalue weighted by molar-refractivity contribution is -0.182. The van der Waals surface area contributed by atoms with Crippen LogP contribution < -0.4 is 5.73 Å². The van der Waals surface area contributed by atoms with Gasteiger partial charge in [0.15, 0.2) is 34.7 Å². The highest BCUT2D eigenvalue weighted by molar-refractivity contribution is 6.32. The second-order valence-electron chi connectivity index (χ2n) is 11.5.